The third kappa shape index (κ3) is 6.18. The molecule has 4 heterocycles. The Bertz CT molecular complexity index is 2070. The van der Waals surface area contributed by atoms with Gasteiger partial charge in [-0.05, 0) is 79.9 Å². The minimum atomic E-state index is -0.957. The summed E-state index contributed by atoms with van der Waals surface area (Å²) < 4.78 is 10.2. The third-order valence-corrected chi connectivity index (χ3v) is 11.0. The van der Waals surface area contributed by atoms with E-state index in [1.807, 2.05) is 52.6 Å². The Kier molecular flexibility index (Phi) is 9.17. The summed E-state index contributed by atoms with van der Waals surface area (Å²) in [7, 11) is 5.95. The normalized spacial score (nSPS) is 18.4. The highest BCUT2D eigenvalue weighted by Gasteiger charge is 2.28. The number of carboxylic acids is 1. The smallest absolute Gasteiger partial charge is 0.352 e. The minimum Gasteiger partial charge on any atom is -0.493 e. The number of allylic oxidation sites excluding steroid dienone is 1. The van der Waals surface area contributed by atoms with Gasteiger partial charge < -0.3 is 24.3 Å². The number of nitrogens with two attached hydrogens (primary N) is 1. The first-order valence-corrected chi connectivity index (χ1v) is 17.8. The average molecular weight is 685 g/mol. The lowest BCUT2D eigenvalue weighted by molar-refractivity contribution is 0.0685. The first-order valence-electron chi connectivity index (χ1n) is 16.5. The summed E-state index contributed by atoms with van der Waals surface area (Å²) in [6.07, 6.45) is 3.71. The Hall–Kier alpha value is -3.96. The van der Waals surface area contributed by atoms with Gasteiger partial charge in [0.25, 0.3) is 0 Å². The Morgan fingerprint density at radius 2 is 1.83 bits per heavy atom. The Morgan fingerprint density at radius 1 is 1.00 bits per heavy atom. The lowest BCUT2D eigenvalue weighted by Crippen LogP contribution is -2.27. The summed E-state index contributed by atoms with van der Waals surface area (Å²) in [5, 5.41) is 20.9. The third-order valence-electron chi connectivity index (χ3n) is 9.64. The van der Waals surface area contributed by atoms with Crippen LogP contribution in [0.1, 0.15) is 58.7 Å². The van der Waals surface area contributed by atoms with Crippen molar-refractivity contribution in [1.82, 2.24) is 24.3 Å². The number of hydrogen-bond acceptors (Lipinski definition) is 7. The predicted octanol–water partition coefficient (Wildman–Crippen LogP) is 7.24. The fourth-order valence-electron chi connectivity index (χ4n) is 7.33. The molecule has 1 fully saturated rings. The molecule has 3 aromatic carbocycles. The van der Waals surface area contributed by atoms with Crippen molar-refractivity contribution < 1.29 is 14.6 Å². The summed E-state index contributed by atoms with van der Waals surface area (Å²) in [4.78, 5) is 16.2. The fourth-order valence-corrected chi connectivity index (χ4v) is 8.58. The van der Waals surface area contributed by atoms with E-state index in [0.29, 0.717) is 37.4 Å². The van der Waals surface area contributed by atoms with E-state index in [0.717, 1.165) is 97.8 Å². The molecule has 2 aromatic heterocycles. The van der Waals surface area contributed by atoms with Crippen molar-refractivity contribution in [2.24, 2.45) is 19.9 Å². The van der Waals surface area contributed by atoms with Crippen molar-refractivity contribution in [2.75, 3.05) is 26.7 Å². The molecule has 9 nitrogen and oxygen atoms in total. The van der Waals surface area contributed by atoms with Crippen molar-refractivity contribution in [3.05, 3.63) is 93.5 Å². The molecule has 0 spiro atoms. The number of hydrazine groups is 1. The van der Waals surface area contributed by atoms with E-state index in [-0.39, 0.29) is 5.69 Å². The Morgan fingerprint density at radius 3 is 2.62 bits per heavy atom. The van der Waals surface area contributed by atoms with Crippen LogP contribution < -0.4 is 10.6 Å². The quantitative estimate of drug-likeness (QED) is 0.178. The second-order valence-electron chi connectivity index (χ2n) is 12.9. The summed E-state index contributed by atoms with van der Waals surface area (Å²) in [6, 6.07) is 18.7. The van der Waals surface area contributed by atoms with Crippen molar-refractivity contribution in [2.45, 2.75) is 49.3 Å². The maximum Gasteiger partial charge on any atom is 0.352 e. The number of aromatic carboxylic acids is 1. The van der Waals surface area contributed by atoms with Gasteiger partial charge in [-0.2, -0.15) is 5.10 Å². The number of aryl methyl sites for hydroxylation is 3. The molecule has 8 bridgehead atoms. The molecule has 3 N–H and O–H groups in total. The number of ether oxygens (including phenoxy) is 1. The second-order valence-corrected chi connectivity index (χ2v) is 14.3. The molecule has 1 saturated heterocycles. The molecule has 2 aliphatic rings. The molecule has 7 rings (SSSR count). The molecule has 11 heteroatoms. The number of halogens is 1. The fraction of sp³-hybridized carbons (Fsp3) is 0.351. The molecule has 0 atom stereocenters. The van der Waals surface area contributed by atoms with E-state index in [1.165, 1.54) is 0 Å². The van der Waals surface area contributed by atoms with E-state index < -0.39 is 5.97 Å². The molecule has 0 radical (unpaired) electrons. The van der Waals surface area contributed by atoms with Crippen molar-refractivity contribution >= 4 is 56.6 Å². The largest absolute Gasteiger partial charge is 0.493 e. The van der Waals surface area contributed by atoms with Gasteiger partial charge in [-0.15, -0.1) is 11.8 Å². The van der Waals surface area contributed by atoms with Crippen LogP contribution >= 0.6 is 23.4 Å². The number of carboxylic acid groups (broad SMARTS) is 1. The zero-order valence-corrected chi connectivity index (χ0v) is 29.2. The van der Waals surface area contributed by atoms with Crippen molar-refractivity contribution in [1.29, 1.82) is 0 Å². The van der Waals surface area contributed by atoms with Crippen LogP contribution in [-0.2, 0) is 32.8 Å². The highest BCUT2D eigenvalue weighted by molar-refractivity contribution is 7.98. The molecule has 0 saturated carbocycles. The molecule has 250 valence electrons. The average Bonchev–Trinajstić information content (AvgIpc) is 3.72. The first kappa shape index (κ1) is 32.6. The van der Waals surface area contributed by atoms with Gasteiger partial charge in [-0.1, -0.05) is 41.9 Å². The summed E-state index contributed by atoms with van der Waals surface area (Å²) in [5.41, 5.74) is 7.08. The van der Waals surface area contributed by atoms with Crippen molar-refractivity contribution in [3.63, 3.8) is 0 Å². The maximum atomic E-state index is 12.8. The van der Waals surface area contributed by atoms with Crippen molar-refractivity contribution in [3.8, 4) is 5.75 Å². The lowest BCUT2D eigenvalue weighted by atomic mass is 9.95. The van der Waals surface area contributed by atoms with Crippen LogP contribution in [0.5, 0.6) is 5.75 Å². The van der Waals surface area contributed by atoms with E-state index in [4.69, 9.17) is 27.3 Å². The molecule has 5 aromatic rings. The molecule has 48 heavy (non-hydrogen) atoms. The topological polar surface area (TPSA) is 102 Å². The zero-order chi connectivity index (χ0) is 33.5. The molecule has 2 aliphatic heterocycles. The number of aromatic nitrogens is 3. The predicted molar refractivity (Wildman–Crippen MR) is 193 cm³/mol. The number of thioether (sulfide) groups is 1. The van der Waals surface area contributed by atoms with Gasteiger partial charge in [0.2, 0.25) is 0 Å². The van der Waals surface area contributed by atoms with Gasteiger partial charge in [0, 0.05) is 72.1 Å². The number of nitrogens with zero attached hydrogens (tertiary/aromatic N) is 5. The van der Waals surface area contributed by atoms with Crippen LogP contribution in [0.3, 0.4) is 0 Å². The van der Waals surface area contributed by atoms with Gasteiger partial charge in [0.1, 0.15) is 11.4 Å². The highest BCUT2D eigenvalue weighted by Crippen LogP contribution is 2.41. The number of hydrogen-bond donors (Lipinski definition) is 2. The van der Waals surface area contributed by atoms with Crippen LogP contribution in [0.15, 0.2) is 65.2 Å². The highest BCUT2D eigenvalue weighted by atomic mass is 35.5. The molecule has 0 amide bonds. The summed E-state index contributed by atoms with van der Waals surface area (Å²) in [5.74, 6) is 7.21. The summed E-state index contributed by atoms with van der Waals surface area (Å²) in [6.45, 7) is 2.66. The first-order chi connectivity index (χ1) is 23.2. The number of benzene rings is 3. The van der Waals surface area contributed by atoms with E-state index >= 15 is 0 Å². The second kappa shape index (κ2) is 13.5. The molecule has 0 aliphatic carbocycles. The van der Waals surface area contributed by atoms with E-state index in [1.54, 1.807) is 11.8 Å². The maximum absolute atomic E-state index is 12.8. The van der Waals surface area contributed by atoms with Crippen LogP contribution in [0.25, 0.3) is 27.2 Å². The van der Waals surface area contributed by atoms with Crippen LogP contribution in [0.4, 0.5) is 0 Å². The Labute approximate surface area is 289 Å². The van der Waals surface area contributed by atoms with Crippen LogP contribution in [0.2, 0.25) is 5.02 Å². The number of carbonyl (C=O) groups is 1. The molecular weight excluding hydrogens is 644 g/mol. The number of fused-ring (bicyclic) bond motifs is 6. The van der Waals surface area contributed by atoms with Gasteiger partial charge >= 0.3 is 5.97 Å². The molecular formula is C37H41ClN6O3S. The minimum absolute atomic E-state index is 0.281. The SMILES string of the molecule is CN1CC/C(=C2/CCCN2N)c2c(Cl)ccc3c(c(C(=O)O)n(C)c23)CCCOc2cc(cc3ccccc23)SCc2cc(nn2C)C1. The standard InChI is InChI=1S/C37H41ClN6O3S/c1-41-16-14-30(32-11-6-15-44(32)39)34-31(38)13-12-29-28(36(37(45)46)42(2)35(29)34)10-7-17-47-33-20-26(18-23-8-4-5-9-27(23)33)48-22-25-19-24(21-41)40-43(25)3/h4-5,8-9,12-13,18-20H,6-7,10-11,14-17,21-22,39H2,1-3H3,(H,45,46)/b32-30+. The van der Waals surface area contributed by atoms with Gasteiger partial charge in [0.15, 0.2) is 0 Å². The van der Waals surface area contributed by atoms with Crippen LogP contribution in [0, 0.1) is 0 Å². The molecule has 0 unspecified atom stereocenters. The Balaban J connectivity index is 1.35. The number of rotatable bonds is 1. The monoisotopic (exact) mass is 684 g/mol. The lowest BCUT2D eigenvalue weighted by Gasteiger charge is -2.23. The van der Waals surface area contributed by atoms with E-state index in [9.17, 15) is 9.90 Å². The zero-order valence-electron chi connectivity index (χ0n) is 27.6. The van der Waals surface area contributed by atoms with E-state index in [2.05, 4.69) is 42.3 Å². The van der Waals surface area contributed by atoms with Gasteiger partial charge in [0.05, 0.1) is 22.8 Å². The summed E-state index contributed by atoms with van der Waals surface area (Å²) >= 11 is 8.83. The van der Waals surface area contributed by atoms with Gasteiger partial charge in [-0.25, -0.2) is 10.6 Å². The van der Waals surface area contributed by atoms with Gasteiger partial charge in [-0.3, -0.25) is 4.68 Å². The van der Waals surface area contributed by atoms with Crippen LogP contribution in [-0.4, -0.2) is 62.1 Å².